The van der Waals surface area contributed by atoms with Crippen LogP contribution in [0.2, 0.25) is 18.1 Å². The van der Waals surface area contributed by atoms with Crippen LogP contribution in [0.15, 0.2) is 11.4 Å². The van der Waals surface area contributed by atoms with Gasteiger partial charge in [-0.15, -0.1) is 11.3 Å². The van der Waals surface area contributed by atoms with Crippen molar-refractivity contribution in [1.82, 2.24) is 5.32 Å². The maximum absolute atomic E-state index is 12.8. The van der Waals surface area contributed by atoms with Gasteiger partial charge in [0, 0.05) is 17.4 Å². The van der Waals surface area contributed by atoms with Crippen molar-refractivity contribution in [1.29, 1.82) is 0 Å². The van der Waals surface area contributed by atoms with Gasteiger partial charge in [0.25, 0.3) is 0 Å². The number of carbonyl (C=O) groups excluding carboxylic acids is 3. The zero-order valence-corrected chi connectivity index (χ0v) is 21.4. The number of hydrogen-bond donors (Lipinski definition) is 1. The van der Waals surface area contributed by atoms with E-state index in [2.05, 4.69) is 39.2 Å². The van der Waals surface area contributed by atoms with Crippen molar-refractivity contribution in [2.24, 2.45) is 5.92 Å². The van der Waals surface area contributed by atoms with Crippen molar-refractivity contribution >= 4 is 37.3 Å². The third-order valence-electron chi connectivity index (χ3n) is 5.78. The number of nitrogens with one attached hydrogen (secondary N) is 1. The van der Waals surface area contributed by atoms with Crippen LogP contribution < -0.4 is 5.32 Å². The molecule has 2 heterocycles. The second-order valence-electron chi connectivity index (χ2n) is 10.6. The van der Waals surface area contributed by atoms with Gasteiger partial charge < -0.3 is 14.5 Å². The van der Waals surface area contributed by atoms with Crippen molar-refractivity contribution in [3.05, 3.63) is 21.9 Å². The largest absolute Gasteiger partial charge is 0.456 e. The highest BCUT2D eigenvalue weighted by atomic mass is 32.1. The molecule has 1 aromatic rings. The van der Waals surface area contributed by atoms with Crippen LogP contribution >= 0.6 is 11.3 Å². The van der Waals surface area contributed by atoms with Crippen molar-refractivity contribution in [2.45, 2.75) is 90.8 Å². The number of ether oxygens (including phenoxy) is 1. The van der Waals surface area contributed by atoms with Crippen LogP contribution in [0.3, 0.4) is 0 Å². The second kappa shape index (κ2) is 8.55. The first-order valence-electron chi connectivity index (χ1n) is 10.3. The van der Waals surface area contributed by atoms with Gasteiger partial charge >= 0.3 is 5.97 Å². The predicted molar refractivity (Wildman–Crippen MR) is 122 cm³/mol. The fraction of sp³-hybridized carbons (Fsp3) is 0.682. The molecule has 1 aliphatic heterocycles. The first kappa shape index (κ1) is 24.8. The van der Waals surface area contributed by atoms with E-state index in [9.17, 15) is 14.4 Å². The minimum atomic E-state index is -2.02. The molecule has 1 fully saturated rings. The van der Waals surface area contributed by atoms with Gasteiger partial charge in [-0.2, -0.15) is 0 Å². The summed E-state index contributed by atoms with van der Waals surface area (Å²) in [6, 6.07) is 1.32. The molecule has 1 aliphatic rings. The highest BCUT2D eigenvalue weighted by Gasteiger charge is 2.47. The van der Waals surface area contributed by atoms with Crippen LogP contribution in [0.4, 0.5) is 0 Å². The summed E-state index contributed by atoms with van der Waals surface area (Å²) in [6.07, 6.45) is -0.0659. The van der Waals surface area contributed by atoms with E-state index in [4.69, 9.17) is 9.16 Å². The lowest BCUT2D eigenvalue weighted by molar-refractivity contribution is -0.139. The zero-order valence-electron chi connectivity index (χ0n) is 19.5. The van der Waals surface area contributed by atoms with E-state index in [-0.39, 0.29) is 41.2 Å². The molecule has 0 unspecified atom stereocenters. The van der Waals surface area contributed by atoms with Crippen LogP contribution in [0.25, 0.3) is 0 Å². The zero-order chi connectivity index (χ0) is 23.1. The average Bonchev–Trinajstić information content (AvgIpc) is 3.00. The third kappa shape index (κ3) is 5.80. The van der Waals surface area contributed by atoms with Gasteiger partial charge in [0.1, 0.15) is 10.5 Å². The quantitative estimate of drug-likeness (QED) is 0.277. The van der Waals surface area contributed by atoms with E-state index >= 15 is 0 Å². The molecule has 1 amide bonds. The highest BCUT2D eigenvalue weighted by molar-refractivity contribution is 7.12. The van der Waals surface area contributed by atoms with Crippen molar-refractivity contribution in [3.63, 3.8) is 0 Å². The Hall–Kier alpha value is -1.51. The molecule has 1 saturated heterocycles. The highest BCUT2D eigenvalue weighted by Crippen LogP contribution is 2.39. The van der Waals surface area contributed by atoms with Crippen LogP contribution in [0.5, 0.6) is 0 Å². The van der Waals surface area contributed by atoms with Gasteiger partial charge in [-0.05, 0) is 51.9 Å². The summed E-state index contributed by atoms with van der Waals surface area (Å²) in [5.41, 5.74) is -0.117. The number of rotatable bonds is 7. The molecule has 0 aromatic carbocycles. The molecule has 8 heteroatoms. The molecular weight excluding hydrogens is 418 g/mol. The van der Waals surface area contributed by atoms with Gasteiger partial charge in [0.2, 0.25) is 5.91 Å². The lowest BCUT2D eigenvalue weighted by atomic mass is 9.82. The van der Waals surface area contributed by atoms with Crippen LogP contribution in [0, 0.1) is 5.92 Å². The number of amides is 1. The molecule has 1 N–H and O–H groups in total. The molecule has 6 nitrogen and oxygen atoms in total. The first-order valence-corrected chi connectivity index (χ1v) is 14.1. The standard InChI is InChI=1S/C22H35NO5SSi/c1-13(28-30(8,9)22(5,6)7)18-15(23-19(18)25)11-16(24)14-10-17(29-12-14)20(26)27-21(2,3)4/h10,12-13,15,18H,11H2,1-9H3,(H,23,25)/t13-,15-,18-/m1/s1. The molecule has 0 aliphatic carbocycles. The minimum Gasteiger partial charge on any atom is -0.456 e. The van der Waals surface area contributed by atoms with Gasteiger partial charge in [0.05, 0.1) is 18.1 Å². The molecule has 30 heavy (non-hydrogen) atoms. The number of β-lactam (4-membered cyclic amide) rings is 1. The number of ketones is 1. The summed E-state index contributed by atoms with van der Waals surface area (Å²) in [4.78, 5) is 37.6. The Kier molecular flexibility index (Phi) is 7.06. The molecule has 0 bridgehead atoms. The van der Waals surface area contributed by atoms with Gasteiger partial charge in [-0.1, -0.05) is 20.8 Å². The predicted octanol–water partition coefficient (Wildman–Crippen LogP) is 4.80. The van der Waals surface area contributed by atoms with E-state index in [1.807, 2.05) is 6.92 Å². The Labute approximate surface area is 184 Å². The Bertz CT molecular complexity index is 818. The third-order valence-corrected chi connectivity index (χ3v) is 11.3. The fourth-order valence-corrected chi connectivity index (χ4v) is 5.34. The summed E-state index contributed by atoms with van der Waals surface area (Å²) in [5, 5.41) is 4.56. The second-order valence-corrected chi connectivity index (χ2v) is 16.2. The molecule has 0 radical (unpaired) electrons. The summed E-state index contributed by atoms with van der Waals surface area (Å²) in [6.45, 7) is 18.1. The fourth-order valence-electron chi connectivity index (χ4n) is 3.12. The molecule has 0 spiro atoms. The lowest BCUT2D eigenvalue weighted by Crippen LogP contribution is -2.64. The number of carbonyl (C=O) groups is 3. The van der Waals surface area contributed by atoms with Crippen LogP contribution in [-0.4, -0.2) is 43.7 Å². The Balaban J connectivity index is 2.02. The summed E-state index contributed by atoms with van der Waals surface area (Å²) in [5.74, 6) is -0.945. The van der Waals surface area contributed by atoms with E-state index in [0.29, 0.717) is 10.4 Å². The molecule has 0 saturated carbocycles. The van der Waals surface area contributed by atoms with Crippen molar-refractivity contribution in [3.8, 4) is 0 Å². The van der Waals surface area contributed by atoms with Crippen LogP contribution in [-0.2, 0) is 14.0 Å². The topological polar surface area (TPSA) is 81.7 Å². The number of Topliss-reactive ketones (excluding diaryl/α,β-unsaturated/α-hetero) is 1. The first-order chi connectivity index (χ1) is 13.5. The molecule has 2 rings (SSSR count). The van der Waals surface area contributed by atoms with Crippen molar-refractivity contribution < 1.29 is 23.5 Å². The van der Waals surface area contributed by atoms with Crippen molar-refractivity contribution in [2.75, 3.05) is 0 Å². The SMILES string of the molecule is C[C@@H](O[Si](C)(C)C(C)(C)C)[C@H]1C(=O)N[C@@H]1CC(=O)c1csc(C(=O)OC(C)(C)C)c1. The smallest absolute Gasteiger partial charge is 0.348 e. The minimum absolute atomic E-state index is 0.0432. The molecule has 1 aromatic heterocycles. The normalized spacial score (nSPS) is 20.9. The van der Waals surface area contributed by atoms with E-state index < -0.39 is 19.9 Å². The number of hydrogen-bond acceptors (Lipinski definition) is 6. The average molecular weight is 454 g/mol. The lowest BCUT2D eigenvalue weighted by Gasteiger charge is -2.45. The molecular formula is C22H35NO5SSi. The summed E-state index contributed by atoms with van der Waals surface area (Å²) in [7, 11) is -2.02. The number of thiophene rings is 1. The van der Waals surface area contributed by atoms with Crippen LogP contribution in [0.1, 0.15) is 74.9 Å². The maximum Gasteiger partial charge on any atom is 0.348 e. The maximum atomic E-state index is 12.8. The Morgan fingerprint density at radius 1 is 1.20 bits per heavy atom. The monoisotopic (exact) mass is 453 g/mol. The number of esters is 1. The summed E-state index contributed by atoms with van der Waals surface area (Å²) < 4.78 is 11.7. The Morgan fingerprint density at radius 2 is 1.80 bits per heavy atom. The van der Waals surface area contributed by atoms with Gasteiger partial charge in [-0.3, -0.25) is 9.59 Å². The Morgan fingerprint density at radius 3 is 2.30 bits per heavy atom. The molecule has 168 valence electrons. The molecule has 3 atom stereocenters. The van der Waals surface area contributed by atoms with E-state index in [1.165, 1.54) is 11.3 Å². The van der Waals surface area contributed by atoms with E-state index in [0.717, 1.165) is 0 Å². The van der Waals surface area contributed by atoms with Gasteiger partial charge in [0.15, 0.2) is 14.1 Å². The van der Waals surface area contributed by atoms with Gasteiger partial charge in [-0.25, -0.2) is 4.79 Å². The van der Waals surface area contributed by atoms with E-state index in [1.54, 1.807) is 32.2 Å². The summed E-state index contributed by atoms with van der Waals surface area (Å²) >= 11 is 1.20.